The van der Waals surface area contributed by atoms with Crippen molar-refractivity contribution in [1.29, 1.82) is 0 Å². The van der Waals surface area contributed by atoms with Crippen LogP contribution in [0.15, 0.2) is 91.5 Å². The zero-order valence-electron chi connectivity index (χ0n) is 22.0. The molecule has 0 saturated carbocycles. The van der Waals surface area contributed by atoms with E-state index < -0.39 is 17.3 Å². The Morgan fingerprint density at radius 1 is 0.976 bits per heavy atom. The highest BCUT2D eigenvalue weighted by Crippen LogP contribution is 2.49. The summed E-state index contributed by atoms with van der Waals surface area (Å²) in [5.41, 5.74) is 2.46. The fourth-order valence-electron chi connectivity index (χ4n) is 4.63. The van der Waals surface area contributed by atoms with Gasteiger partial charge in [-0.2, -0.15) is 0 Å². The fraction of sp³-hybridized carbons (Fsp3) is 0.125. The van der Waals surface area contributed by atoms with Crippen LogP contribution in [0.5, 0.6) is 17.2 Å². The Morgan fingerprint density at radius 3 is 2.54 bits per heavy atom. The third kappa shape index (κ3) is 5.40. The van der Waals surface area contributed by atoms with Gasteiger partial charge in [0.05, 0.1) is 16.9 Å². The van der Waals surface area contributed by atoms with Crippen molar-refractivity contribution < 1.29 is 22.6 Å². The monoisotopic (exact) mass is 571 g/mol. The smallest absolute Gasteiger partial charge is 0.271 e. The van der Waals surface area contributed by atoms with Crippen molar-refractivity contribution in [2.24, 2.45) is 0 Å². The maximum absolute atomic E-state index is 14.6. The largest absolute Gasteiger partial charge is 0.492 e. The van der Waals surface area contributed by atoms with Crippen molar-refractivity contribution in [3.05, 3.63) is 108 Å². The minimum absolute atomic E-state index is 0.218. The molecule has 6 aromatic rings. The van der Waals surface area contributed by atoms with Crippen LogP contribution in [0.2, 0.25) is 0 Å². The van der Waals surface area contributed by atoms with Crippen molar-refractivity contribution in [2.75, 3.05) is 6.61 Å². The number of benzene rings is 4. The normalized spacial score (nSPS) is 11.7. The summed E-state index contributed by atoms with van der Waals surface area (Å²) < 4.78 is 58.1. The highest BCUT2D eigenvalue weighted by atomic mass is 32.1. The molecular weight excluding hydrogens is 547 g/mol. The zero-order chi connectivity index (χ0) is 28.6. The molecule has 4 aromatic carbocycles. The third-order valence-electron chi connectivity index (χ3n) is 6.64. The number of thiophene rings is 1. The fourth-order valence-corrected chi connectivity index (χ4v) is 5.84. The minimum Gasteiger partial charge on any atom is -0.492 e. The molecule has 41 heavy (non-hydrogen) atoms. The van der Waals surface area contributed by atoms with E-state index in [1.54, 1.807) is 35.0 Å². The molecule has 0 aliphatic rings. The maximum atomic E-state index is 14.6. The second-order valence-corrected chi connectivity index (χ2v) is 10.6. The van der Waals surface area contributed by atoms with Gasteiger partial charge < -0.3 is 9.47 Å². The lowest BCUT2D eigenvalue weighted by Crippen LogP contribution is -2.09. The number of hydrogen-bond acceptors (Lipinski definition) is 5. The van der Waals surface area contributed by atoms with E-state index in [1.165, 1.54) is 23.5 Å². The Hall–Kier alpha value is -4.63. The average molecular weight is 572 g/mol. The maximum Gasteiger partial charge on any atom is 0.271 e. The van der Waals surface area contributed by atoms with Crippen LogP contribution < -0.4 is 9.47 Å². The van der Waals surface area contributed by atoms with Gasteiger partial charge in [-0.15, -0.1) is 16.4 Å². The minimum atomic E-state index is -3.26. The summed E-state index contributed by atoms with van der Waals surface area (Å²) in [5.74, 6) is -2.42. The number of aromatic nitrogens is 3. The average Bonchev–Trinajstić information content (AvgIpc) is 3.54. The van der Waals surface area contributed by atoms with Crippen molar-refractivity contribution in [3.63, 3.8) is 0 Å². The van der Waals surface area contributed by atoms with E-state index in [0.717, 1.165) is 39.7 Å². The first kappa shape index (κ1) is 26.6. The Morgan fingerprint density at radius 2 is 1.76 bits per heavy atom. The van der Waals surface area contributed by atoms with Crippen LogP contribution in [-0.2, 0) is 12.5 Å². The Bertz CT molecular complexity index is 1870. The van der Waals surface area contributed by atoms with Gasteiger partial charge in [-0.05, 0) is 66.2 Å². The molecule has 6 rings (SSSR count). The summed E-state index contributed by atoms with van der Waals surface area (Å²) >= 11 is 1.31. The van der Waals surface area contributed by atoms with Crippen molar-refractivity contribution >= 4 is 38.5 Å². The lowest BCUT2D eigenvalue weighted by atomic mass is 10.00. The lowest BCUT2D eigenvalue weighted by Gasteiger charge is -2.16. The number of para-hydroxylation sites is 1. The molecule has 0 spiro atoms. The van der Waals surface area contributed by atoms with Gasteiger partial charge in [-0.1, -0.05) is 42.1 Å². The van der Waals surface area contributed by atoms with E-state index in [9.17, 15) is 13.2 Å². The first-order valence-corrected chi connectivity index (χ1v) is 13.7. The van der Waals surface area contributed by atoms with Crippen LogP contribution in [0, 0.1) is 5.82 Å². The molecule has 5 nitrogen and oxygen atoms in total. The van der Waals surface area contributed by atoms with Crippen LogP contribution in [0.4, 0.5) is 13.2 Å². The van der Waals surface area contributed by atoms with E-state index in [1.807, 2.05) is 42.5 Å². The van der Waals surface area contributed by atoms with E-state index in [-0.39, 0.29) is 5.56 Å². The zero-order valence-corrected chi connectivity index (χ0v) is 22.8. The highest BCUT2D eigenvalue weighted by Gasteiger charge is 2.31. The lowest BCUT2D eigenvalue weighted by molar-refractivity contribution is 0.0178. The van der Waals surface area contributed by atoms with Gasteiger partial charge in [-0.25, -0.2) is 17.9 Å². The van der Waals surface area contributed by atoms with Crippen molar-refractivity contribution in [3.8, 4) is 27.7 Å². The summed E-state index contributed by atoms with van der Waals surface area (Å²) in [6.45, 7) is 5.49. The molecule has 0 atom stereocenters. The molecular formula is C32H24F3N3O2S. The van der Waals surface area contributed by atoms with Crippen LogP contribution in [0.1, 0.15) is 18.1 Å². The van der Waals surface area contributed by atoms with E-state index in [0.29, 0.717) is 35.3 Å². The quantitative estimate of drug-likeness (QED) is 0.174. The second-order valence-electron chi connectivity index (χ2n) is 9.52. The number of alkyl halides is 2. The third-order valence-corrected chi connectivity index (χ3v) is 7.81. The highest BCUT2D eigenvalue weighted by molar-refractivity contribution is 7.22. The molecule has 0 bridgehead atoms. The molecule has 0 N–H and O–H groups in total. The Balaban J connectivity index is 1.27. The predicted octanol–water partition coefficient (Wildman–Crippen LogP) is 9.08. The molecule has 0 aliphatic heterocycles. The summed E-state index contributed by atoms with van der Waals surface area (Å²) in [5, 5.41) is 9.08. The van der Waals surface area contributed by atoms with Gasteiger partial charge in [0, 0.05) is 28.1 Å². The number of halogens is 3. The van der Waals surface area contributed by atoms with Gasteiger partial charge in [0.2, 0.25) is 0 Å². The molecule has 0 saturated heterocycles. The number of hydrogen-bond donors (Lipinski definition) is 0. The predicted molar refractivity (Wildman–Crippen MR) is 156 cm³/mol. The SMILES string of the molecule is C=Cc1ccc2c(Oc3ccc(OCCn4nnc5ccccc54)cc3)c(-c3ccc(F)cc3C(C)(F)F)sc2c1. The summed E-state index contributed by atoms with van der Waals surface area (Å²) in [6.07, 6.45) is 1.72. The van der Waals surface area contributed by atoms with E-state index in [2.05, 4.69) is 16.9 Å². The van der Waals surface area contributed by atoms with Crippen LogP contribution in [0.25, 0.3) is 37.6 Å². The summed E-state index contributed by atoms with van der Waals surface area (Å²) in [4.78, 5) is 0.484. The number of rotatable bonds is 9. The number of fused-ring (bicyclic) bond motifs is 2. The molecule has 2 heterocycles. The molecule has 9 heteroatoms. The Kier molecular flexibility index (Phi) is 6.96. The number of ether oxygens (including phenoxy) is 2. The molecule has 0 radical (unpaired) electrons. The molecule has 0 aliphatic carbocycles. The molecule has 2 aromatic heterocycles. The standard InChI is InChI=1S/C32H24F3N3O2S/c1-3-20-8-14-25-29(18-20)41-31(24-15-9-21(33)19-26(24)32(2,34)35)30(25)40-23-12-10-22(11-13-23)39-17-16-38-28-7-5-4-6-27(28)36-37-38/h3-15,18-19H,1,16-17H2,2H3. The van der Waals surface area contributed by atoms with Crippen LogP contribution in [-0.4, -0.2) is 21.6 Å². The van der Waals surface area contributed by atoms with Gasteiger partial charge in [0.25, 0.3) is 5.92 Å². The molecule has 0 unspecified atom stereocenters. The van der Waals surface area contributed by atoms with Crippen molar-refractivity contribution in [1.82, 2.24) is 15.0 Å². The van der Waals surface area contributed by atoms with E-state index >= 15 is 0 Å². The van der Waals surface area contributed by atoms with Crippen molar-refractivity contribution in [2.45, 2.75) is 19.4 Å². The topological polar surface area (TPSA) is 49.2 Å². The molecule has 0 amide bonds. The van der Waals surface area contributed by atoms with Gasteiger partial charge in [-0.3, -0.25) is 0 Å². The molecule has 0 fully saturated rings. The molecule has 206 valence electrons. The second kappa shape index (κ2) is 10.7. The van der Waals surface area contributed by atoms with Crippen LogP contribution >= 0.6 is 11.3 Å². The first-order valence-electron chi connectivity index (χ1n) is 12.9. The van der Waals surface area contributed by atoms with Gasteiger partial charge in [0.15, 0.2) is 5.75 Å². The summed E-state index contributed by atoms with van der Waals surface area (Å²) in [6, 6.07) is 23.9. The first-order chi connectivity index (χ1) is 19.8. The van der Waals surface area contributed by atoms with E-state index in [4.69, 9.17) is 9.47 Å². The van der Waals surface area contributed by atoms with Gasteiger partial charge >= 0.3 is 0 Å². The number of nitrogens with zero attached hydrogens (tertiary/aromatic N) is 3. The summed E-state index contributed by atoms with van der Waals surface area (Å²) in [7, 11) is 0. The van der Waals surface area contributed by atoms with Crippen LogP contribution in [0.3, 0.4) is 0 Å². The Labute approximate surface area is 238 Å². The van der Waals surface area contributed by atoms with Gasteiger partial charge in [0.1, 0.15) is 29.4 Å².